The van der Waals surface area contributed by atoms with Crippen LogP contribution in [0, 0.1) is 11.6 Å². The van der Waals surface area contributed by atoms with Crippen LogP contribution in [0.2, 0.25) is 0 Å². The van der Waals surface area contributed by atoms with E-state index in [0.717, 1.165) is 17.7 Å². The van der Waals surface area contributed by atoms with Crippen molar-refractivity contribution < 1.29 is 23.5 Å². The van der Waals surface area contributed by atoms with Crippen molar-refractivity contribution in [3.05, 3.63) is 71.3 Å². The molecule has 1 amide bonds. The van der Waals surface area contributed by atoms with Crippen molar-refractivity contribution in [2.45, 2.75) is 25.3 Å². The zero-order valence-corrected chi connectivity index (χ0v) is 12.8. The third-order valence-electron chi connectivity index (χ3n) is 3.60. The molecule has 0 aliphatic rings. The maximum Gasteiger partial charge on any atom is 0.326 e. The Bertz CT molecular complexity index is 699. The van der Waals surface area contributed by atoms with Crippen molar-refractivity contribution in [3.8, 4) is 0 Å². The maximum absolute atomic E-state index is 13.5. The van der Waals surface area contributed by atoms with Crippen LogP contribution < -0.4 is 5.32 Å². The van der Waals surface area contributed by atoms with Gasteiger partial charge in [-0.25, -0.2) is 13.6 Å². The first-order valence-electron chi connectivity index (χ1n) is 7.46. The van der Waals surface area contributed by atoms with Crippen molar-refractivity contribution in [1.29, 1.82) is 0 Å². The number of carboxylic acid groups (broad SMARTS) is 1. The number of carbonyl (C=O) groups excluding carboxylic acids is 1. The molecule has 0 aliphatic heterocycles. The fraction of sp³-hybridized carbons (Fsp3) is 0.222. The molecule has 0 radical (unpaired) electrons. The van der Waals surface area contributed by atoms with Crippen molar-refractivity contribution >= 4 is 11.9 Å². The molecule has 2 aromatic carbocycles. The molecule has 126 valence electrons. The van der Waals surface area contributed by atoms with Gasteiger partial charge >= 0.3 is 5.97 Å². The summed E-state index contributed by atoms with van der Waals surface area (Å²) in [7, 11) is 0. The zero-order chi connectivity index (χ0) is 17.5. The Morgan fingerprint density at radius 3 is 2.21 bits per heavy atom. The smallest absolute Gasteiger partial charge is 0.326 e. The second kappa shape index (κ2) is 8.19. The molecule has 0 spiro atoms. The Balaban J connectivity index is 1.97. The van der Waals surface area contributed by atoms with E-state index in [0.29, 0.717) is 6.42 Å². The molecule has 2 N–H and O–H groups in total. The van der Waals surface area contributed by atoms with Crippen LogP contribution in [0.3, 0.4) is 0 Å². The number of benzene rings is 2. The largest absolute Gasteiger partial charge is 0.480 e. The lowest BCUT2D eigenvalue weighted by molar-refractivity contribution is -0.141. The Kier molecular flexibility index (Phi) is 6.01. The first-order chi connectivity index (χ1) is 11.5. The van der Waals surface area contributed by atoms with Gasteiger partial charge in [0, 0.05) is 5.56 Å². The molecular weight excluding hydrogens is 316 g/mol. The van der Waals surface area contributed by atoms with Crippen LogP contribution in [-0.2, 0) is 22.4 Å². The van der Waals surface area contributed by atoms with Gasteiger partial charge in [-0.15, -0.1) is 0 Å². The van der Waals surface area contributed by atoms with Gasteiger partial charge in [0.15, 0.2) is 0 Å². The molecular formula is C18H17F2NO3. The van der Waals surface area contributed by atoms with E-state index in [9.17, 15) is 23.5 Å². The highest BCUT2D eigenvalue weighted by atomic mass is 19.1. The van der Waals surface area contributed by atoms with Crippen LogP contribution in [0.1, 0.15) is 17.5 Å². The van der Waals surface area contributed by atoms with Gasteiger partial charge in [0.2, 0.25) is 5.91 Å². The molecule has 6 heteroatoms. The summed E-state index contributed by atoms with van der Waals surface area (Å²) >= 11 is 0. The Morgan fingerprint density at radius 1 is 1.00 bits per heavy atom. The zero-order valence-electron chi connectivity index (χ0n) is 12.8. The normalized spacial score (nSPS) is 11.8. The lowest BCUT2D eigenvalue weighted by Crippen LogP contribution is -2.42. The van der Waals surface area contributed by atoms with E-state index in [-0.39, 0.29) is 12.0 Å². The molecule has 0 saturated carbocycles. The number of halogens is 2. The molecule has 0 bridgehead atoms. The predicted molar refractivity (Wildman–Crippen MR) is 84.4 cm³/mol. The topological polar surface area (TPSA) is 66.4 Å². The summed E-state index contributed by atoms with van der Waals surface area (Å²) in [5, 5.41) is 11.5. The predicted octanol–water partition coefficient (Wildman–Crippen LogP) is 2.71. The molecule has 24 heavy (non-hydrogen) atoms. The summed E-state index contributed by atoms with van der Waals surface area (Å²) in [4.78, 5) is 23.2. The molecule has 0 heterocycles. The lowest BCUT2D eigenvalue weighted by atomic mass is 10.0. The van der Waals surface area contributed by atoms with Crippen LogP contribution in [0.15, 0.2) is 48.5 Å². The summed E-state index contributed by atoms with van der Waals surface area (Å²) < 4.78 is 27.1. The van der Waals surface area contributed by atoms with E-state index in [1.165, 1.54) is 6.07 Å². The van der Waals surface area contributed by atoms with Crippen molar-refractivity contribution in [2.75, 3.05) is 0 Å². The minimum absolute atomic E-state index is 0.185. The number of hydrogen-bond acceptors (Lipinski definition) is 2. The maximum atomic E-state index is 13.5. The third-order valence-corrected chi connectivity index (χ3v) is 3.60. The van der Waals surface area contributed by atoms with Gasteiger partial charge in [-0.2, -0.15) is 0 Å². The highest BCUT2D eigenvalue weighted by molar-refractivity contribution is 5.84. The second-order valence-corrected chi connectivity index (χ2v) is 5.36. The van der Waals surface area contributed by atoms with Gasteiger partial charge < -0.3 is 10.4 Å². The van der Waals surface area contributed by atoms with Gasteiger partial charge in [0.25, 0.3) is 0 Å². The minimum atomic E-state index is -1.19. The highest BCUT2D eigenvalue weighted by Crippen LogP contribution is 2.13. The van der Waals surface area contributed by atoms with Gasteiger partial charge in [-0.05, 0) is 30.5 Å². The van der Waals surface area contributed by atoms with E-state index in [2.05, 4.69) is 5.32 Å². The molecule has 2 aromatic rings. The van der Waals surface area contributed by atoms with Gasteiger partial charge in [-0.3, -0.25) is 4.79 Å². The number of amides is 1. The van der Waals surface area contributed by atoms with Gasteiger partial charge in [0.1, 0.15) is 17.7 Å². The number of rotatable bonds is 7. The Morgan fingerprint density at radius 2 is 1.62 bits per heavy atom. The number of carboxylic acids is 1. The second-order valence-electron chi connectivity index (χ2n) is 5.36. The van der Waals surface area contributed by atoms with Crippen molar-refractivity contribution in [2.24, 2.45) is 0 Å². The molecule has 2 rings (SSSR count). The van der Waals surface area contributed by atoms with E-state index in [4.69, 9.17) is 0 Å². The average molecular weight is 333 g/mol. The van der Waals surface area contributed by atoms with Crippen LogP contribution in [-0.4, -0.2) is 23.0 Å². The van der Waals surface area contributed by atoms with E-state index >= 15 is 0 Å². The SMILES string of the molecule is O=C(Cc1c(F)cccc1F)N[C@H](CCc1ccccc1)C(=O)O. The van der Waals surface area contributed by atoms with E-state index in [1.54, 1.807) is 0 Å². The summed E-state index contributed by atoms with van der Waals surface area (Å²) in [5.41, 5.74) is 0.570. The number of hydrogen-bond donors (Lipinski definition) is 2. The third kappa shape index (κ3) is 4.87. The summed E-state index contributed by atoms with van der Waals surface area (Å²) in [5.74, 6) is -3.59. The van der Waals surface area contributed by atoms with Crippen molar-refractivity contribution in [3.63, 3.8) is 0 Å². The molecule has 4 nitrogen and oxygen atoms in total. The summed E-state index contributed by atoms with van der Waals surface area (Å²) in [6, 6.07) is 11.4. The highest BCUT2D eigenvalue weighted by Gasteiger charge is 2.21. The van der Waals surface area contributed by atoms with E-state index < -0.39 is 36.0 Å². The average Bonchev–Trinajstić information content (AvgIpc) is 2.55. The molecule has 0 aromatic heterocycles. The van der Waals surface area contributed by atoms with E-state index in [1.807, 2.05) is 30.3 Å². The molecule has 0 unspecified atom stereocenters. The Labute approximate surface area is 138 Å². The monoisotopic (exact) mass is 333 g/mol. The first-order valence-corrected chi connectivity index (χ1v) is 7.46. The Hall–Kier alpha value is -2.76. The van der Waals surface area contributed by atoms with Gasteiger partial charge in [0.05, 0.1) is 6.42 Å². The standard InChI is InChI=1S/C18H17F2NO3/c19-14-7-4-8-15(20)13(14)11-17(22)21-16(18(23)24)10-9-12-5-2-1-3-6-12/h1-8,16H,9-11H2,(H,21,22)(H,23,24)/t16-/m1/s1. The summed E-state index contributed by atoms with van der Waals surface area (Å²) in [6.45, 7) is 0. The number of aryl methyl sites for hydroxylation is 1. The quantitative estimate of drug-likeness (QED) is 0.819. The first kappa shape index (κ1) is 17.6. The van der Waals surface area contributed by atoms with Gasteiger partial charge in [-0.1, -0.05) is 36.4 Å². The molecule has 0 aliphatic carbocycles. The van der Waals surface area contributed by atoms with Crippen LogP contribution in [0.4, 0.5) is 8.78 Å². The van der Waals surface area contributed by atoms with Crippen LogP contribution in [0.5, 0.6) is 0 Å². The lowest BCUT2D eigenvalue weighted by Gasteiger charge is -2.15. The van der Waals surface area contributed by atoms with Crippen molar-refractivity contribution in [1.82, 2.24) is 5.32 Å². The minimum Gasteiger partial charge on any atom is -0.480 e. The number of nitrogens with one attached hydrogen (secondary N) is 1. The fourth-order valence-electron chi connectivity index (χ4n) is 2.32. The molecule has 0 saturated heterocycles. The van der Waals surface area contributed by atoms with Crippen LogP contribution >= 0.6 is 0 Å². The molecule has 1 atom stereocenters. The summed E-state index contributed by atoms with van der Waals surface area (Å²) in [6.07, 6.45) is 0.102. The number of carbonyl (C=O) groups is 2. The molecule has 0 fully saturated rings. The fourth-order valence-corrected chi connectivity index (χ4v) is 2.32. The van der Waals surface area contributed by atoms with Crippen LogP contribution in [0.25, 0.3) is 0 Å². The number of aliphatic carboxylic acids is 1.